The molecule has 1 rings (SSSR count). The maximum atomic E-state index is 5.74. The molecule has 0 spiro atoms. The first-order chi connectivity index (χ1) is 5.74. The van der Waals surface area contributed by atoms with Crippen LogP contribution >= 0.6 is 0 Å². The third-order valence-corrected chi connectivity index (χ3v) is 3.59. The van der Waals surface area contributed by atoms with Crippen molar-refractivity contribution in [1.82, 2.24) is 0 Å². The van der Waals surface area contributed by atoms with Crippen molar-refractivity contribution >= 4 is 19.4 Å². The van der Waals surface area contributed by atoms with E-state index in [4.69, 9.17) is 5.73 Å². The van der Waals surface area contributed by atoms with E-state index in [9.17, 15) is 0 Å². The Morgan fingerprint density at radius 3 is 2.33 bits per heavy atom. The van der Waals surface area contributed by atoms with E-state index in [0.717, 1.165) is 0 Å². The third-order valence-electron chi connectivity index (χ3n) is 1.72. The summed E-state index contributed by atoms with van der Waals surface area (Å²) in [6.07, 6.45) is 0. The van der Waals surface area contributed by atoms with E-state index in [2.05, 4.69) is 31.2 Å². The molecule has 0 unspecified atom stereocenters. The molecule has 0 saturated carbocycles. The first-order valence-electron chi connectivity index (χ1n) is 4.22. The van der Waals surface area contributed by atoms with Gasteiger partial charge in [0.25, 0.3) is 0 Å². The molecule has 1 atom stereocenters. The predicted molar refractivity (Wildman–Crippen MR) is 54.9 cm³/mol. The van der Waals surface area contributed by atoms with Crippen molar-refractivity contribution in [3.05, 3.63) is 29.8 Å². The van der Waals surface area contributed by atoms with Crippen LogP contribution in [0.4, 0.5) is 0 Å². The molecule has 0 aliphatic carbocycles. The van der Waals surface area contributed by atoms with Crippen LogP contribution in [0.1, 0.15) is 25.5 Å². The number of hydrogen-bond acceptors (Lipinski definition) is 1. The zero-order valence-electron chi connectivity index (χ0n) is 7.58. The van der Waals surface area contributed by atoms with Gasteiger partial charge in [-0.3, -0.25) is 0 Å². The zero-order chi connectivity index (χ0) is 8.97. The fourth-order valence-corrected chi connectivity index (χ4v) is 2.42. The van der Waals surface area contributed by atoms with Crippen LogP contribution in [-0.4, -0.2) is 15.0 Å². The number of nitrogens with two attached hydrogens (primary N) is 1. The molecule has 1 aromatic carbocycles. The second-order valence-corrected chi connectivity index (χ2v) is 5.60. The summed E-state index contributed by atoms with van der Waals surface area (Å²) in [5.74, 6) is 0. The van der Waals surface area contributed by atoms with Crippen LogP contribution in [0.5, 0.6) is 0 Å². The quantitative estimate of drug-likeness (QED) is 0.779. The van der Waals surface area contributed by atoms with E-state index in [1.54, 1.807) is 0 Å². The Hall–Kier alpha value is -0.301. The van der Waals surface area contributed by atoms with Crippen molar-refractivity contribution < 1.29 is 0 Å². The van der Waals surface area contributed by atoms with Gasteiger partial charge in [0, 0.05) is 0 Å². The van der Waals surface area contributed by atoms with Gasteiger partial charge in [-0.1, -0.05) is 0 Å². The average molecular weight is 228 g/mol. The third kappa shape index (κ3) is 2.63. The molecule has 0 aliphatic rings. The summed E-state index contributed by atoms with van der Waals surface area (Å²) in [5, 5.41) is 1.27. The van der Waals surface area contributed by atoms with E-state index in [1.807, 2.05) is 6.92 Å². The van der Waals surface area contributed by atoms with Gasteiger partial charge in [0.2, 0.25) is 0 Å². The van der Waals surface area contributed by atoms with Gasteiger partial charge in [-0.2, -0.15) is 0 Å². The monoisotopic (exact) mass is 229 g/mol. The second-order valence-electron chi connectivity index (χ2n) is 2.79. The van der Waals surface area contributed by atoms with E-state index < -0.39 is 0 Å². The Labute approximate surface area is 80.5 Å². The Morgan fingerprint density at radius 1 is 1.33 bits per heavy atom. The van der Waals surface area contributed by atoms with Crippen molar-refractivity contribution in [1.29, 1.82) is 0 Å². The maximum absolute atomic E-state index is 5.74. The van der Waals surface area contributed by atoms with Crippen LogP contribution in [0.25, 0.3) is 0 Å². The molecule has 12 heavy (non-hydrogen) atoms. The molecule has 0 fully saturated rings. The molecule has 1 aromatic rings. The molecule has 0 heterocycles. The standard InChI is InChI=1S/C10H15NSe/c1-3-12-10-6-4-9(5-7-10)8(2)11/h4-8H,3,11H2,1-2H3/t8-/m1/s1. The molecule has 0 aliphatic heterocycles. The van der Waals surface area contributed by atoms with Gasteiger partial charge in [-0.05, 0) is 0 Å². The van der Waals surface area contributed by atoms with Gasteiger partial charge in [0.15, 0.2) is 0 Å². The van der Waals surface area contributed by atoms with Crippen molar-refractivity contribution in [3.8, 4) is 0 Å². The van der Waals surface area contributed by atoms with E-state index in [1.165, 1.54) is 15.3 Å². The van der Waals surface area contributed by atoms with Crippen LogP contribution in [0, 0.1) is 0 Å². The fraction of sp³-hybridized carbons (Fsp3) is 0.400. The summed E-state index contributed by atoms with van der Waals surface area (Å²) in [7, 11) is 0. The van der Waals surface area contributed by atoms with E-state index in [-0.39, 0.29) is 6.04 Å². The molecular weight excluding hydrogens is 213 g/mol. The van der Waals surface area contributed by atoms with Gasteiger partial charge in [-0.15, -0.1) is 0 Å². The van der Waals surface area contributed by atoms with Crippen LogP contribution in [0.3, 0.4) is 0 Å². The Bertz CT molecular complexity index is 228. The van der Waals surface area contributed by atoms with Crippen LogP contribution in [0.15, 0.2) is 24.3 Å². The van der Waals surface area contributed by atoms with Crippen LogP contribution in [-0.2, 0) is 0 Å². The van der Waals surface area contributed by atoms with Crippen LogP contribution < -0.4 is 10.2 Å². The first-order valence-corrected chi connectivity index (χ1v) is 6.29. The average Bonchev–Trinajstić information content (AvgIpc) is 2.06. The normalized spacial score (nSPS) is 12.9. The zero-order valence-corrected chi connectivity index (χ0v) is 9.29. The molecule has 1 nitrogen and oxygen atoms in total. The Morgan fingerprint density at radius 2 is 1.92 bits per heavy atom. The Kier molecular flexibility index (Phi) is 3.80. The molecule has 2 N–H and O–H groups in total. The van der Waals surface area contributed by atoms with Gasteiger partial charge < -0.3 is 0 Å². The van der Waals surface area contributed by atoms with Gasteiger partial charge in [0.1, 0.15) is 0 Å². The van der Waals surface area contributed by atoms with Crippen molar-refractivity contribution in [3.63, 3.8) is 0 Å². The van der Waals surface area contributed by atoms with Gasteiger partial charge >= 0.3 is 80.2 Å². The predicted octanol–water partition coefficient (Wildman–Crippen LogP) is 1.47. The summed E-state index contributed by atoms with van der Waals surface area (Å²) in [5.41, 5.74) is 6.97. The topological polar surface area (TPSA) is 26.0 Å². The second kappa shape index (κ2) is 4.66. The minimum absolute atomic E-state index is 0.160. The first kappa shape index (κ1) is 9.78. The number of benzene rings is 1. The molecule has 0 amide bonds. The SMILES string of the molecule is CC[Se]c1ccc([C@@H](C)N)cc1. The summed E-state index contributed by atoms with van der Waals surface area (Å²) < 4.78 is 1.47. The summed E-state index contributed by atoms with van der Waals surface area (Å²) in [6, 6.07) is 8.83. The fourth-order valence-electron chi connectivity index (χ4n) is 1.03. The Balaban J connectivity index is 2.71. The number of hydrogen-bond donors (Lipinski definition) is 1. The van der Waals surface area contributed by atoms with E-state index >= 15 is 0 Å². The molecule has 0 aromatic heterocycles. The minimum atomic E-state index is 0.160. The van der Waals surface area contributed by atoms with Crippen molar-refractivity contribution in [2.24, 2.45) is 5.73 Å². The number of rotatable bonds is 3. The molecule has 2 heteroatoms. The summed E-state index contributed by atoms with van der Waals surface area (Å²) in [6.45, 7) is 4.24. The van der Waals surface area contributed by atoms with Gasteiger partial charge in [0.05, 0.1) is 0 Å². The molecule has 0 saturated heterocycles. The van der Waals surface area contributed by atoms with Crippen molar-refractivity contribution in [2.75, 3.05) is 0 Å². The van der Waals surface area contributed by atoms with E-state index in [0.29, 0.717) is 15.0 Å². The van der Waals surface area contributed by atoms with Gasteiger partial charge in [-0.25, -0.2) is 0 Å². The summed E-state index contributed by atoms with van der Waals surface area (Å²) >= 11 is 0.649. The molecule has 0 radical (unpaired) electrons. The van der Waals surface area contributed by atoms with Crippen LogP contribution in [0.2, 0.25) is 5.32 Å². The molecule has 0 bridgehead atoms. The van der Waals surface area contributed by atoms with Crippen molar-refractivity contribution in [2.45, 2.75) is 25.2 Å². The molecule has 66 valence electrons. The molecular formula is C10H15NSe. The summed E-state index contributed by atoms with van der Waals surface area (Å²) in [4.78, 5) is 0.